The molecular formula is C13H15NO5. The zero-order valence-electron chi connectivity index (χ0n) is 10.4. The van der Waals surface area contributed by atoms with Crippen LogP contribution in [0, 0.1) is 0 Å². The van der Waals surface area contributed by atoms with Gasteiger partial charge in [-0.05, 0) is 25.0 Å². The molecule has 2 unspecified atom stereocenters. The van der Waals surface area contributed by atoms with Gasteiger partial charge in [0.2, 0.25) is 0 Å². The molecule has 0 aromatic heterocycles. The third-order valence-electron chi connectivity index (χ3n) is 3.31. The third kappa shape index (κ3) is 2.47. The van der Waals surface area contributed by atoms with Crippen LogP contribution in [0.4, 0.5) is 5.69 Å². The molecule has 0 saturated carbocycles. The quantitative estimate of drug-likeness (QED) is 0.850. The fourth-order valence-electron chi connectivity index (χ4n) is 2.43. The smallest absolute Gasteiger partial charge is 0.326 e. The fourth-order valence-corrected chi connectivity index (χ4v) is 2.43. The van der Waals surface area contributed by atoms with Gasteiger partial charge in [0.1, 0.15) is 17.8 Å². The normalized spacial score (nSPS) is 22.3. The first-order valence-corrected chi connectivity index (χ1v) is 5.92. The van der Waals surface area contributed by atoms with Crippen molar-refractivity contribution in [2.75, 3.05) is 12.0 Å². The molecule has 1 aliphatic heterocycles. The molecule has 1 fully saturated rings. The molecule has 1 heterocycles. The Hall–Kier alpha value is -2.24. The summed E-state index contributed by atoms with van der Waals surface area (Å²) >= 11 is 0. The van der Waals surface area contributed by atoms with Crippen molar-refractivity contribution < 1.29 is 24.5 Å². The Morgan fingerprint density at radius 1 is 1.21 bits per heavy atom. The zero-order chi connectivity index (χ0) is 14.0. The SMILES string of the molecule is COc1cccc(N2C(C(=O)O)CCC2C(=O)O)c1. The van der Waals surface area contributed by atoms with Crippen LogP contribution in [0.5, 0.6) is 5.75 Å². The van der Waals surface area contributed by atoms with E-state index in [0.717, 1.165) is 0 Å². The van der Waals surface area contributed by atoms with E-state index in [1.807, 2.05) is 0 Å². The van der Waals surface area contributed by atoms with Gasteiger partial charge in [-0.1, -0.05) is 6.07 Å². The van der Waals surface area contributed by atoms with E-state index in [-0.39, 0.29) is 0 Å². The van der Waals surface area contributed by atoms with Gasteiger partial charge in [0.05, 0.1) is 7.11 Å². The summed E-state index contributed by atoms with van der Waals surface area (Å²) in [5, 5.41) is 18.4. The lowest BCUT2D eigenvalue weighted by Crippen LogP contribution is -2.44. The first-order chi connectivity index (χ1) is 9.04. The first-order valence-electron chi connectivity index (χ1n) is 5.92. The topological polar surface area (TPSA) is 87.1 Å². The Morgan fingerprint density at radius 3 is 2.26 bits per heavy atom. The number of carboxylic acids is 2. The minimum absolute atomic E-state index is 0.323. The molecule has 1 aromatic carbocycles. The molecule has 1 saturated heterocycles. The number of carboxylic acid groups (broad SMARTS) is 2. The van der Waals surface area contributed by atoms with Gasteiger partial charge in [0.25, 0.3) is 0 Å². The van der Waals surface area contributed by atoms with Crippen LogP contribution in [0.15, 0.2) is 24.3 Å². The largest absolute Gasteiger partial charge is 0.497 e. The molecule has 0 spiro atoms. The molecule has 19 heavy (non-hydrogen) atoms. The second-order valence-corrected chi connectivity index (χ2v) is 4.39. The van der Waals surface area contributed by atoms with Gasteiger partial charge in [-0.25, -0.2) is 9.59 Å². The van der Waals surface area contributed by atoms with Crippen molar-refractivity contribution in [1.29, 1.82) is 0 Å². The van der Waals surface area contributed by atoms with Crippen molar-refractivity contribution in [1.82, 2.24) is 0 Å². The lowest BCUT2D eigenvalue weighted by molar-refractivity contribution is -0.139. The summed E-state index contributed by atoms with van der Waals surface area (Å²) in [6.07, 6.45) is 0.646. The van der Waals surface area contributed by atoms with E-state index in [4.69, 9.17) is 4.74 Å². The summed E-state index contributed by atoms with van der Waals surface area (Å²) in [4.78, 5) is 23.9. The summed E-state index contributed by atoms with van der Waals surface area (Å²) in [6.45, 7) is 0. The molecular weight excluding hydrogens is 250 g/mol. The van der Waals surface area contributed by atoms with Crippen LogP contribution in [0.1, 0.15) is 12.8 Å². The summed E-state index contributed by atoms with van der Waals surface area (Å²) in [7, 11) is 1.51. The molecule has 2 N–H and O–H groups in total. The maximum Gasteiger partial charge on any atom is 0.326 e. The zero-order valence-corrected chi connectivity index (χ0v) is 10.4. The number of nitrogens with zero attached hydrogens (tertiary/aromatic N) is 1. The Kier molecular flexibility index (Phi) is 3.59. The number of hydrogen-bond donors (Lipinski definition) is 2. The van der Waals surface area contributed by atoms with E-state index in [9.17, 15) is 19.8 Å². The molecule has 2 atom stereocenters. The number of hydrogen-bond acceptors (Lipinski definition) is 4. The lowest BCUT2D eigenvalue weighted by atomic mass is 10.2. The number of benzene rings is 1. The highest BCUT2D eigenvalue weighted by Gasteiger charge is 2.41. The summed E-state index contributed by atoms with van der Waals surface area (Å²) in [5.41, 5.74) is 0.552. The molecule has 6 nitrogen and oxygen atoms in total. The Bertz CT molecular complexity index is 480. The molecule has 2 rings (SSSR count). The van der Waals surface area contributed by atoms with Crippen molar-refractivity contribution in [2.24, 2.45) is 0 Å². The van der Waals surface area contributed by atoms with Crippen LogP contribution < -0.4 is 9.64 Å². The van der Waals surface area contributed by atoms with Crippen molar-refractivity contribution in [2.45, 2.75) is 24.9 Å². The first kappa shape index (κ1) is 13.2. The van der Waals surface area contributed by atoms with E-state index >= 15 is 0 Å². The molecule has 1 aliphatic rings. The van der Waals surface area contributed by atoms with Gasteiger partial charge in [-0.3, -0.25) is 0 Å². The highest BCUT2D eigenvalue weighted by Crippen LogP contribution is 2.32. The second kappa shape index (κ2) is 5.17. The van der Waals surface area contributed by atoms with E-state index in [0.29, 0.717) is 24.3 Å². The maximum absolute atomic E-state index is 11.2. The summed E-state index contributed by atoms with van der Waals surface area (Å²) in [6, 6.07) is 5.16. The minimum Gasteiger partial charge on any atom is -0.497 e. The highest BCUT2D eigenvalue weighted by atomic mass is 16.5. The average Bonchev–Trinajstić information content (AvgIpc) is 2.83. The highest BCUT2D eigenvalue weighted by molar-refractivity contribution is 5.86. The molecule has 0 amide bonds. The number of methoxy groups -OCH3 is 1. The van der Waals surface area contributed by atoms with Crippen molar-refractivity contribution in [3.05, 3.63) is 24.3 Å². The molecule has 6 heteroatoms. The van der Waals surface area contributed by atoms with E-state index in [1.165, 1.54) is 12.0 Å². The number of ether oxygens (including phenoxy) is 1. The van der Waals surface area contributed by atoms with Crippen LogP contribution >= 0.6 is 0 Å². The number of anilines is 1. The summed E-state index contributed by atoms with van der Waals surface area (Å²) in [5.74, 6) is -1.45. The molecule has 1 aromatic rings. The number of aliphatic carboxylic acids is 2. The van der Waals surface area contributed by atoms with Gasteiger partial charge in [0, 0.05) is 11.8 Å². The van der Waals surface area contributed by atoms with Crippen LogP contribution in [0.25, 0.3) is 0 Å². The Balaban J connectivity index is 2.40. The van der Waals surface area contributed by atoms with Crippen molar-refractivity contribution in [3.8, 4) is 5.75 Å². The van der Waals surface area contributed by atoms with Crippen LogP contribution in [0.2, 0.25) is 0 Å². The second-order valence-electron chi connectivity index (χ2n) is 4.39. The predicted octanol–water partition coefficient (Wildman–Crippen LogP) is 1.20. The van der Waals surface area contributed by atoms with E-state index in [2.05, 4.69) is 0 Å². The number of rotatable bonds is 4. The molecule has 0 bridgehead atoms. The standard InChI is InChI=1S/C13H15NO5/c1-19-9-4-2-3-8(7-9)14-10(12(15)16)5-6-11(14)13(17)18/h2-4,7,10-11H,5-6H2,1H3,(H,15,16)(H,17,18). The van der Waals surface area contributed by atoms with Crippen molar-refractivity contribution >= 4 is 17.6 Å². The fraction of sp³-hybridized carbons (Fsp3) is 0.385. The molecule has 102 valence electrons. The van der Waals surface area contributed by atoms with Gasteiger partial charge in [-0.15, -0.1) is 0 Å². The lowest BCUT2D eigenvalue weighted by Gasteiger charge is -2.28. The van der Waals surface area contributed by atoms with Gasteiger partial charge >= 0.3 is 11.9 Å². The number of carbonyl (C=O) groups is 2. The van der Waals surface area contributed by atoms with Crippen LogP contribution in [-0.4, -0.2) is 41.3 Å². The Labute approximate surface area is 110 Å². The predicted molar refractivity (Wildman–Crippen MR) is 67.6 cm³/mol. The van der Waals surface area contributed by atoms with Crippen molar-refractivity contribution in [3.63, 3.8) is 0 Å². The van der Waals surface area contributed by atoms with Crippen LogP contribution in [-0.2, 0) is 9.59 Å². The third-order valence-corrected chi connectivity index (χ3v) is 3.31. The van der Waals surface area contributed by atoms with Gasteiger partial charge < -0.3 is 19.8 Å². The summed E-state index contributed by atoms with van der Waals surface area (Å²) < 4.78 is 5.08. The van der Waals surface area contributed by atoms with E-state index in [1.54, 1.807) is 24.3 Å². The van der Waals surface area contributed by atoms with Gasteiger partial charge in [0.15, 0.2) is 0 Å². The van der Waals surface area contributed by atoms with Gasteiger partial charge in [-0.2, -0.15) is 0 Å². The maximum atomic E-state index is 11.2. The van der Waals surface area contributed by atoms with Crippen LogP contribution in [0.3, 0.4) is 0 Å². The minimum atomic E-state index is -1.01. The molecule has 0 radical (unpaired) electrons. The molecule has 0 aliphatic carbocycles. The average molecular weight is 265 g/mol. The Morgan fingerprint density at radius 2 is 1.79 bits per heavy atom. The monoisotopic (exact) mass is 265 g/mol. The van der Waals surface area contributed by atoms with E-state index < -0.39 is 24.0 Å².